The first kappa shape index (κ1) is 18.7. The van der Waals surface area contributed by atoms with Crippen molar-refractivity contribution in [1.82, 2.24) is 4.90 Å². The molecule has 0 aromatic rings. The molecule has 0 rings (SSSR count). The molecular formula is C7H14Cl3NO2. The molecule has 0 bridgehead atoms. The summed E-state index contributed by atoms with van der Waals surface area (Å²) < 4.78 is 0. The minimum Gasteiger partial charge on any atom is -0.348 e. The summed E-state index contributed by atoms with van der Waals surface area (Å²) in [6, 6.07) is 0. The van der Waals surface area contributed by atoms with E-state index >= 15 is 0 Å². The van der Waals surface area contributed by atoms with Crippen LogP contribution in [0, 0.1) is 0 Å². The maximum absolute atomic E-state index is 10.3. The Morgan fingerprint density at radius 3 is 1.46 bits per heavy atom. The number of alkyl halides is 2. The van der Waals surface area contributed by atoms with Gasteiger partial charge >= 0.3 is 0 Å². The molecule has 0 spiro atoms. The minimum atomic E-state index is -0.508. The van der Waals surface area contributed by atoms with Crippen molar-refractivity contribution in [3.63, 3.8) is 0 Å². The molecule has 0 aliphatic heterocycles. The SMILES string of the molecule is C.CN(C)C(=O)CCl.O=C(Cl)CCl. The topological polar surface area (TPSA) is 37.4 Å². The van der Waals surface area contributed by atoms with Crippen LogP contribution in [-0.2, 0) is 9.59 Å². The lowest BCUT2D eigenvalue weighted by atomic mass is 10.6. The molecule has 0 unspecified atom stereocenters. The van der Waals surface area contributed by atoms with Crippen molar-refractivity contribution in [3.8, 4) is 0 Å². The summed E-state index contributed by atoms with van der Waals surface area (Å²) in [5, 5.41) is -0.508. The highest BCUT2D eigenvalue weighted by atomic mass is 35.5. The third-order valence-corrected chi connectivity index (χ3v) is 1.46. The molecule has 0 N–H and O–H groups in total. The number of halogens is 3. The smallest absolute Gasteiger partial charge is 0.236 e. The highest BCUT2D eigenvalue weighted by Gasteiger charge is 1.97. The van der Waals surface area contributed by atoms with Gasteiger partial charge in [0.25, 0.3) is 0 Å². The van der Waals surface area contributed by atoms with Crippen LogP contribution in [0.2, 0.25) is 0 Å². The Balaban J connectivity index is -0.000000150. The lowest BCUT2D eigenvalue weighted by Crippen LogP contribution is -2.22. The summed E-state index contributed by atoms with van der Waals surface area (Å²) in [6.07, 6.45) is 0. The first-order chi connectivity index (χ1) is 5.45. The van der Waals surface area contributed by atoms with Gasteiger partial charge < -0.3 is 4.90 Å². The number of carbonyl (C=O) groups excluding carboxylic acids is 2. The van der Waals surface area contributed by atoms with E-state index in [1.54, 1.807) is 14.1 Å². The van der Waals surface area contributed by atoms with E-state index in [4.69, 9.17) is 34.8 Å². The van der Waals surface area contributed by atoms with E-state index in [1.165, 1.54) is 4.90 Å². The van der Waals surface area contributed by atoms with Gasteiger partial charge in [-0.3, -0.25) is 9.59 Å². The van der Waals surface area contributed by atoms with Crippen molar-refractivity contribution in [1.29, 1.82) is 0 Å². The number of hydrogen-bond donors (Lipinski definition) is 0. The number of carbonyl (C=O) groups is 2. The van der Waals surface area contributed by atoms with Crippen LogP contribution in [0.4, 0.5) is 0 Å². The molecule has 0 saturated carbocycles. The van der Waals surface area contributed by atoms with Crippen molar-refractivity contribution in [3.05, 3.63) is 0 Å². The van der Waals surface area contributed by atoms with Crippen LogP contribution in [0.15, 0.2) is 0 Å². The van der Waals surface area contributed by atoms with Gasteiger partial charge in [-0.1, -0.05) is 7.43 Å². The van der Waals surface area contributed by atoms with E-state index in [0.29, 0.717) is 0 Å². The molecule has 6 heteroatoms. The molecule has 0 aromatic carbocycles. The summed E-state index contributed by atoms with van der Waals surface area (Å²) >= 11 is 14.7. The molecule has 0 aliphatic rings. The third kappa shape index (κ3) is 18.8. The molecule has 1 amide bonds. The Morgan fingerprint density at radius 1 is 1.15 bits per heavy atom. The van der Waals surface area contributed by atoms with Gasteiger partial charge in [0.15, 0.2) is 0 Å². The van der Waals surface area contributed by atoms with Gasteiger partial charge in [0.05, 0.1) is 5.88 Å². The fourth-order valence-corrected chi connectivity index (χ4v) is 0.359. The quantitative estimate of drug-likeness (QED) is 0.555. The van der Waals surface area contributed by atoms with E-state index in [2.05, 4.69) is 0 Å². The summed E-state index contributed by atoms with van der Waals surface area (Å²) in [7, 11) is 3.34. The molecule has 3 nitrogen and oxygen atoms in total. The summed E-state index contributed by atoms with van der Waals surface area (Å²) in [6.45, 7) is 0. The fourth-order valence-electron chi connectivity index (χ4n) is 0.120. The Kier molecular flexibility index (Phi) is 17.3. The van der Waals surface area contributed by atoms with Gasteiger partial charge in [-0.25, -0.2) is 0 Å². The first-order valence-corrected chi connectivity index (χ1v) is 4.40. The zero-order valence-electron chi connectivity index (χ0n) is 6.81. The van der Waals surface area contributed by atoms with Gasteiger partial charge in [0.2, 0.25) is 11.1 Å². The Bertz CT molecular complexity index is 151. The van der Waals surface area contributed by atoms with Crippen molar-refractivity contribution >= 4 is 46.0 Å². The van der Waals surface area contributed by atoms with Crippen molar-refractivity contribution in [2.75, 3.05) is 25.9 Å². The molecule has 0 atom stereocenters. The second kappa shape index (κ2) is 12.0. The van der Waals surface area contributed by atoms with Crippen LogP contribution in [0.25, 0.3) is 0 Å². The molecule has 13 heavy (non-hydrogen) atoms. The maximum Gasteiger partial charge on any atom is 0.236 e. The molecule has 0 fully saturated rings. The Hall–Kier alpha value is 0.01000. The van der Waals surface area contributed by atoms with E-state index < -0.39 is 5.24 Å². The van der Waals surface area contributed by atoms with E-state index in [0.717, 1.165) is 0 Å². The molecule has 80 valence electrons. The standard InChI is InChI=1S/C4H8ClNO.C2H2Cl2O.CH4/c1-6(2)4(7)3-5;3-1-2(4)5;/h3H2,1-2H3;1H2;1H4. The Morgan fingerprint density at radius 2 is 1.46 bits per heavy atom. The van der Waals surface area contributed by atoms with Crippen molar-refractivity contribution in [2.24, 2.45) is 0 Å². The van der Waals surface area contributed by atoms with Gasteiger partial charge in [-0.2, -0.15) is 0 Å². The van der Waals surface area contributed by atoms with Gasteiger partial charge in [0, 0.05) is 14.1 Å². The normalized spacial score (nSPS) is 7.46. The maximum atomic E-state index is 10.3. The van der Waals surface area contributed by atoms with Crippen LogP contribution < -0.4 is 0 Å². The van der Waals surface area contributed by atoms with Gasteiger partial charge in [0.1, 0.15) is 5.88 Å². The monoisotopic (exact) mass is 249 g/mol. The summed E-state index contributed by atoms with van der Waals surface area (Å²) in [4.78, 5) is 21.2. The minimum absolute atomic E-state index is 0. The summed E-state index contributed by atoms with van der Waals surface area (Å²) in [5.74, 6) is -0.0733. The second-order valence-corrected chi connectivity index (χ2v) is 2.87. The summed E-state index contributed by atoms with van der Waals surface area (Å²) in [5.41, 5.74) is 0. The van der Waals surface area contributed by atoms with Crippen LogP contribution >= 0.6 is 34.8 Å². The third-order valence-electron chi connectivity index (χ3n) is 0.718. The molecule has 0 heterocycles. The molecule has 0 aromatic heterocycles. The van der Waals surface area contributed by atoms with E-state index in [-0.39, 0.29) is 25.1 Å². The second-order valence-electron chi connectivity index (χ2n) is 1.91. The molecule has 0 aliphatic carbocycles. The van der Waals surface area contributed by atoms with Crippen LogP contribution in [0.5, 0.6) is 0 Å². The predicted molar refractivity (Wildman–Crippen MR) is 57.7 cm³/mol. The largest absolute Gasteiger partial charge is 0.348 e. The zero-order valence-corrected chi connectivity index (χ0v) is 9.08. The average Bonchev–Trinajstić information content (AvgIpc) is 2.04. The lowest BCUT2D eigenvalue weighted by Gasteiger charge is -2.04. The predicted octanol–water partition coefficient (Wildman–Crippen LogP) is 1.94. The van der Waals surface area contributed by atoms with E-state index in [1.807, 2.05) is 0 Å². The zero-order chi connectivity index (χ0) is 10.1. The molecule has 0 radical (unpaired) electrons. The van der Waals surface area contributed by atoms with Crippen molar-refractivity contribution < 1.29 is 9.59 Å². The molecule has 0 saturated heterocycles. The number of hydrogen-bond acceptors (Lipinski definition) is 2. The van der Waals surface area contributed by atoms with Crippen molar-refractivity contribution in [2.45, 2.75) is 7.43 Å². The van der Waals surface area contributed by atoms with Gasteiger partial charge in [-0.05, 0) is 11.6 Å². The van der Waals surface area contributed by atoms with Crippen LogP contribution in [0.1, 0.15) is 7.43 Å². The number of amides is 1. The highest BCUT2D eigenvalue weighted by molar-refractivity contribution is 6.67. The number of nitrogens with zero attached hydrogens (tertiary/aromatic N) is 1. The highest BCUT2D eigenvalue weighted by Crippen LogP contribution is 1.80. The average molecular weight is 251 g/mol. The van der Waals surface area contributed by atoms with E-state index in [9.17, 15) is 9.59 Å². The molecular weight excluding hydrogens is 236 g/mol. The first-order valence-electron chi connectivity index (χ1n) is 2.96. The fraction of sp³-hybridized carbons (Fsp3) is 0.714. The van der Waals surface area contributed by atoms with Crippen LogP contribution in [0.3, 0.4) is 0 Å². The Labute approximate surface area is 93.9 Å². The lowest BCUT2D eigenvalue weighted by molar-refractivity contribution is -0.126. The van der Waals surface area contributed by atoms with Crippen LogP contribution in [-0.4, -0.2) is 41.9 Å². The van der Waals surface area contributed by atoms with Gasteiger partial charge in [-0.15, -0.1) is 23.2 Å². The number of rotatable bonds is 2.